The van der Waals surface area contributed by atoms with E-state index in [9.17, 15) is 0 Å². The van der Waals surface area contributed by atoms with Crippen molar-refractivity contribution in [1.29, 1.82) is 0 Å². The highest BCUT2D eigenvalue weighted by Gasteiger charge is 2.16. The molecule has 0 aliphatic heterocycles. The Morgan fingerprint density at radius 3 is 2.66 bits per heavy atom. The Balaban J connectivity index is 1.54. The van der Waals surface area contributed by atoms with Crippen LogP contribution in [-0.4, -0.2) is 19.5 Å². The molecule has 0 bridgehead atoms. The van der Waals surface area contributed by atoms with Crippen LogP contribution in [0.25, 0.3) is 32.0 Å². The van der Waals surface area contributed by atoms with Crippen LogP contribution in [0.3, 0.4) is 0 Å². The summed E-state index contributed by atoms with van der Waals surface area (Å²) in [6.07, 6.45) is 5.33. The monoisotopic (exact) mass is 414 g/mol. The maximum atomic E-state index is 4.72. The van der Waals surface area contributed by atoms with Gasteiger partial charge in [-0.2, -0.15) is 0 Å². The molecule has 0 unspecified atom stereocenters. The lowest BCUT2D eigenvalue weighted by molar-refractivity contribution is 0.923. The van der Waals surface area contributed by atoms with Crippen LogP contribution in [0.5, 0.6) is 0 Å². The minimum Gasteiger partial charge on any atom is -0.333 e. The number of thiophene rings is 1. The molecule has 0 fully saturated rings. The maximum absolute atomic E-state index is 4.72. The first-order chi connectivity index (χ1) is 14.2. The Labute approximate surface area is 177 Å². The molecular formula is C23H18N4S2. The molecule has 5 aromatic rings. The molecule has 2 aromatic carbocycles. The predicted molar refractivity (Wildman–Crippen MR) is 120 cm³/mol. The summed E-state index contributed by atoms with van der Waals surface area (Å²) in [5.74, 6) is 0. The maximum Gasteiger partial charge on any atom is 0.127 e. The molecule has 29 heavy (non-hydrogen) atoms. The Morgan fingerprint density at radius 1 is 0.966 bits per heavy atom. The molecule has 5 rings (SSSR count). The molecule has 3 heterocycles. The van der Waals surface area contributed by atoms with E-state index < -0.39 is 0 Å². The van der Waals surface area contributed by atoms with Crippen LogP contribution < -0.4 is 0 Å². The lowest BCUT2D eigenvalue weighted by Gasteiger charge is -2.07. The number of imidazole rings is 1. The van der Waals surface area contributed by atoms with Crippen LogP contribution >= 0.6 is 23.1 Å². The first-order valence-corrected chi connectivity index (χ1v) is 10.9. The van der Waals surface area contributed by atoms with Gasteiger partial charge >= 0.3 is 0 Å². The Hall–Kier alpha value is -2.96. The molecule has 0 spiro atoms. The molecule has 0 aliphatic rings. The van der Waals surface area contributed by atoms with Crippen molar-refractivity contribution in [1.82, 2.24) is 19.5 Å². The number of rotatable bonds is 4. The lowest BCUT2D eigenvalue weighted by atomic mass is 10.1. The number of aromatic nitrogens is 4. The fourth-order valence-electron chi connectivity index (χ4n) is 3.29. The van der Waals surface area contributed by atoms with E-state index in [-0.39, 0.29) is 0 Å². The van der Waals surface area contributed by atoms with Gasteiger partial charge in [0.05, 0.1) is 22.6 Å². The van der Waals surface area contributed by atoms with E-state index >= 15 is 0 Å². The number of aryl methyl sites for hydroxylation is 2. The number of hydrogen-bond donors (Lipinski definition) is 0. The fourth-order valence-corrected chi connectivity index (χ4v) is 5.22. The van der Waals surface area contributed by atoms with Gasteiger partial charge in [0.15, 0.2) is 0 Å². The van der Waals surface area contributed by atoms with Crippen LogP contribution in [-0.2, 0) is 7.05 Å². The summed E-state index contributed by atoms with van der Waals surface area (Å²) in [6.45, 7) is 2.11. The van der Waals surface area contributed by atoms with Crippen LogP contribution in [0, 0.1) is 6.92 Å². The molecule has 142 valence electrons. The van der Waals surface area contributed by atoms with E-state index in [0.717, 1.165) is 32.0 Å². The van der Waals surface area contributed by atoms with E-state index in [4.69, 9.17) is 4.98 Å². The average molecular weight is 415 g/mol. The van der Waals surface area contributed by atoms with Crippen LogP contribution in [0.4, 0.5) is 0 Å². The molecule has 0 N–H and O–H groups in total. The summed E-state index contributed by atoms with van der Waals surface area (Å²) in [4.78, 5) is 17.8. The van der Waals surface area contributed by atoms with Gasteiger partial charge in [0.1, 0.15) is 11.2 Å². The van der Waals surface area contributed by atoms with Crippen molar-refractivity contribution in [3.63, 3.8) is 0 Å². The highest BCUT2D eigenvalue weighted by atomic mass is 32.2. The molecule has 0 aliphatic carbocycles. The largest absolute Gasteiger partial charge is 0.333 e. The topological polar surface area (TPSA) is 43.6 Å². The molecule has 0 radical (unpaired) electrons. The highest BCUT2D eigenvalue weighted by molar-refractivity contribution is 7.99. The van der Waals surface area contributed by atoms with Gasteiger partial charge in [0.2, 0.25) is 0 Å². The number of fused-ring (bicyclic) bond motifs is 1. The summed E-state index contributed by atoms with van der Waals surface area (Å²) in [5, 5.41) is 1.06. The van der Waals surface area contributed by atoms with Gasteiger partial charge in [-0.05, 0) is 37.3 Å². The van der Waals surface area contributed by atoms with Gasteiger partial charge in [-0.15, -0.1) is 11.3 Å². The highest BCUT2D eigenvalue weighted by Crippen LogP contribution is 2.38. The third kappa shape index (κ3) is 3.57. The zero-order valence-corrected chi connectivity index (χ0v) is 17.7. The minimum absolute atomic E-state index is 0.985. The second-order valence-corrected chi connectivity index (χ2v) is 9.07. The predicted octanol–water partition coefficient (Wildman–Crippen LogP) is 6.22. The van der Waals surface area contributed by atoms with Crippen LogP contribution in [0.15, 0.2) is 83.2 Å². The third-order valence-corrected chi connectivity index (χ3v) is 6.79. The SMILES string of the molecule is Cc1ccc(Sc2cccc(-c3ncn(C)c3-c3cc4cncnc4s3)c2)cc1. The molecule has 6 heteroatoms. The van der Waals surface area contributed by atoms with Crippen LogP contribution in [0.2, 0.25) is 0 Å². The first kappa shape index (κ1) is 18.1. The standard InChI is InChI=1S/C23H18N4S2/c1-15-6-8-18(9-7-15)28-19-5-3-4-16(10-19)21-22(27(2)14-26-21)20-11-17-12-24-13-25-23(17)29-20/h3-14H,1-2H3. The second kappa shape index (κ2) is 7.46. The van der Waals surface area contributed by atoms with Gasteiger partial charge < -0.3 is 4.57 Å². The quantitative estimate of drug-likeness (QED) is 0.350. The summed E-state index contributed by atoms with van der Waals surface area (Å²) in [5.41, 5.74) is 4.47. The zero-order chi connectivity index (χ0) is 19.8. The van der Waals surface area contributed by atoms with E-state index in [0.29, 0.717) is 0 Å². The first-order valence-electron chi connectivity index (χ1n) is 9.23. The van der Waals surface area contributed by atoms with Crippen molar-refractivity contribution in [2.75, 3.05) is 0 Å². The van der Waals surface area contributed by atoms with E-state index in [2.05, 4.69) is 76.1 Å². The van der Waals surface area contributed by atoms with E-state index in [1.54, 1.807) is 29.4 Å². The molecule has 0 saturated heterocycles. The van der Waals surface area contributed by atoms with Crippen LogP contribution in [0.1, 0.15) is 5.56 Å². The molecular weight excluding hydrogens is 396 g/mol. The van der Waals surface area contributed by atoms with Crippen molar-refractivity contribution in [2.24, 2.45) is 7.05 Å². The van der Waals surface area contributed by atoms with Crippen molar-refractivity contribution in [3.05, 3.63) is 79.0 Å². The van der Waals surface area contributed by atoms with Crippen molar-refractivity contribution < 1.29 is 0 Å². The second-order valence-electron chi connectivity index (χ2n) is 6.89. The summed E-state index contributed by atoms with van der Waals surface area (Å²) in [6, 6.07) is 19.3. The normalized spacial score (nSPS) is 11.2. The fraction of sp³-hybridized carbons (Fsp3) is 0.0870. The van der Waals surface area contributed by atoms with Crippen molar-refractivity contribution in [2.45, 2.75) is 16.7 Å². The number of hydrogen-bond acceptors (Lipinski definition) is 5. The van der Waals surface area contributed by atoms with E-state index in [1.807, 2.05) is 19.6 Å². The number of benzene rings is 2. The lowest BCUT2D eigenvalue weighted by Crippen LogP contribution is -1.89. The molecule has 0 atom stereocenters. The van der Waals surface area contributed by atoms with Crippen molar-refractivity contribution >= 4 is 33.3 Å². The van der Waals surface area contributed by atoms with Gasteiger partial charge in [-0.25, -0.2) is 15.0 Å². The molecule has 4 nitrogen and oxygen atoms in total. The Kier molecular flexibility index (Phi) is 4.66. The Morgan fingerprint density at radius 2 is 1.83 bits per heavy atom. The van der Waals surface area contributed by atoms with Gasteiger partial charge in [0, 0.05) is 34.0 Å². The summed E-state index contributed by atoms with van der Waals surface area (Å²) in [7, 11) is 2.03. The van der Waals surface area contributed by atoms with E-state index in [1.165, 1.54) is 15.4 Å². The molecule has 0 amide bonds. The summed E-state index contributed by atoms with van der Waals surface area (Å²) >= 11 is 3.44. The molecule has 0 saturated carbocycles. The zero-order valence-electron chi connectivity index (χ0n) is 16.0. The third-order valence-electron chi connectivity index (χ3n) is 4.73. The smallest absolute Gasteiger partial charge is 0.127 e. The minimum atomic E-state index is 0.985. The molecule has 3 aromatic heterocycles. The Bertz CT molecular complexity index is 1270. The number of nitrogens with zero attached hydrogens (tertiary/aromatic N) is 4. The van der Waals surface area contributed by atoms with Gasteiger partial charge in [-0.3, -0.25) is 0 Å². The van der Waals surface area contributed by atoms with Gasteiger partial charge in [-0.1, -0.05) is 41.6 Å². The van der Waals surface area contributed by atoms with Gasteiger partial charge in [0.25, 0.3) is 0 Å². The average Bonchev–Trinajstić information content (AvgIpc) is 3.33. The summed E-state index contributed by atoms with van der Waals surface area (Å²) < 4.78 is 2.08. The van der Waals surface area contributed by atoms with Crippen molar-refractivity contribution in [3.8, 4) is 21.8 Å².